The van der Waals surface area contributed by atoms with Crippen LogP contribution in [0.5, 0.6) is 0 Å². The molecule has 1 aromatic rings. The van der Waals surface area contributed by atoms with Crippen LogP contribution in [0.3, 0.4) is 0 Å². The van der Waals surface area contributed by atoms with Crippen molar-refractivity contribution in [2.45, 2.75) is 30.7 Å². The van der Waals surface area contributed by atoms with Gasteiger partial charge in [0, 0.05) is 16.7 Å². The minimum atomic E-state index is -1.10. The molecule has 0 spiro atoms. The lowest BCUT2D eigenvalue weighted by Crippen LogP contribution is -2.21. The van der Waals surface area contributed by atoms with Crippen LogP contribution >= 0.6 is 11.6 Å². The Balaban J connectivity index is 2.50. The molecular weight excluding hydrogens is 261 g/mol. The zero-order valence-electron chi connectivity index (χ0n) is 10.0. The summed E-state index contributed by atoms with van der Waals surface area (Å²) >= 11 is 5.65. The molecule has 1 rings (SSSR count). The van der Waals surface area contributed by atoms with Gasteiger partial charge in [0.05, 0.1) is 15.8 Å². The molecule has 5 heteroatoms. The Morgan fingerprint density at radius 2 is 2.24 bits per heavy atom. The van der Waals surface area contributed by atoms with E-state index in [4.69, 9.17) is 11.6 Å². The summed E-state index contributed by atoms with van der Waals surface area (Å²) in [6.45, 7) is 2.08. The molecule has 0 saturated carbocycles. The summed E-state index contributed by atoms with van der Waals surface area (Å²) in [5.41, 5.74) is 0. The average molecular weight is 278 g/mol. The monoisotopic (exact) mass is 277 g/mol. The van der Waals surface area contributed by atoms with Gasteiger partial charge in [-0.05, 0) is 45.0 Å². The van der Waals surface area contributed by atoms with E-state index in [0.29, 0.717) is 16.7 Å². The van der Waals surface area contributed by atoms with Crippen molar-refractivity contribution < 1.29 is 8.60 Å². The number of halogens is 2. The zero-order valence-corrected chi connectivity index (χ0v) is 11.6. The van der Waals surface area contributed by atoms with Gasteiger partial charge in [-0.1, -0.05) is 11.6 Å². The second-order valence-corrected chi connectivity index (χ2v) is 5.94. The third-order valence-electron chi connectivity index (χ3n) is 2.61. The fraction of sp³-hybridized carbons (Fsp3) is 0.500. The number of benzene rings is 1. The highest BCUT2D eigenvalue weighted by Gasteiger charge is 2.08. The summed E-state index contributed by atoms with van der Waals surface area (Å²) in [4.78, 5) is 0.591. The molecule has 0 amide bonds. The molecule has 1 aromatic carbocycles. The molecule has 0 aromatic heterocycles. The Labute approximate surface area is 109 Å². The number of rotatable bonds is 6. The van der Waals surface area contributed by atoms with Crippen molar-refractivity contribution in [2.75, 3.05) is 12.8 Å². The Hall–Kier alpha value is -0.450. The van der Waals surface area contributed by atoms with Gasteiger partial charge in [-0.3, -0.25) is 4.21 Å². The lowest BCUT2D eigenvalue weighted by atomic mass is 10.2. The first kappa shape index (κ1) is 14.6. The molecule has 0 aliphatic heterocycles. The average Bonchev–Trinajstić information content (AvgIpc) is 2.32. The standard InChI is InChI=1S/C12H17ClFNOS/c1-9(15-2)4-3-7-17(16)10-5-6-12(14)11(13)8-10/h5-6,8-9,15H,3-4,7H2,1-2H3. The lowest BCUT2D eigenvalue weighted by molar-refractivity contribution is 0.557. The molecule has 96 valence electrons. The second kappa shape index (κ2) is 7.09. The van der Waals surface area contributed by atoms with E-state index in [2.05, 4.69) is 12.2 Å². The van der Waals surface area contributed by atoms with E-state index in [-0.39, 0.29) is 5.02 Å². The highest BCUT2D eigenvalue weighted by atomic mass is 35.5. The summed E-state index contributed by atoms with van der Waals surface area (Å²) < 4.78 is 24.8. The van der Waals surface area contributed by atoms with E-state index in [0.717, 1.165) is 12.8 Å². The van der Waals surface area contributed by atoms with Crippen LogP contribution in [0.4, 0.5) is 4.39 Å². The van der Waals surface area contributed by atoms with E-state index in [1.54, 1.807) is 0 Å². The summed E-state index contributed by atoms with van der Waals surface area (Å²) in [6.07, 6.45) is 1.83. The highest BCUT2D eigenvalue weighted by Crippen LogP contribution is 2.19. The Morgan fingerprint density at radius 3 is 2.82 bits per heavy atom. The number of nitrogens with one attached hydrogen (secondary N) is 1. The van der Waals surface area contributed by atoms with Gasteiger partial charge < -0.3 is 5.32 Å². The topological polar surface area (TPSA) is 29.1 Å². The normalized spacial score (nSPS) is 14.6. The quantitative estimate of drug-likeness (QED) is 0.866. The first-order valence-electron chi connectivity index (χ1n) is 5.55. The molecule has 0 bridgehead atoms. The predicted molar refractivity (Wildman–Crippen MR) is 70.4 cm³/mol. The Morgan fingerprint density at radius 1 is 1.53 bits per heavy atom. The molecule has 0 aliphatic rings. The van der Waals surface area contributed by atoms with Crippen molar-refractivity contribution in [1.82, 2.24) is 5.32 Å². The molecule has 0 radical (unpaired) electrons. The zero-order chi connectivity index (χ0) is 12.8. The summed E-state index contributed by atoms with van der Waals surface area (Å²) in [7, 11) is 0.805. The van der Waals surface area contributed by atoms with Crippen LogP contribution in [-0.2, 0) is 10.8 Å². The van der Waals surface area contributed by atoms with Crippen molar-refractivity contribution in [1.29, 1.82) is 0 Å². The van der Waals surface area contributed by atoms with Gasteiger partial charge in [-0.15, -0.1) is 0 Å². The van der Waals surface area contributed by atoms with Crippen LogP contribution in [0.25, 0.3) is 0 Å². The number of hydrogen-bond acceptors (Lipinski definition) is 2. The Kier molecular flexibility index (Phi) is 6.09. The maximum Gasteiger partial charge on any atom is 0.141 e. The summed E-state index contributed by atoms with van der Waals surface area (Å²) in [6, 6.07) is 4.64. The van der Waals surface area contributed by atoms with Crippen LogP contribution in [0.15, 0.2) is 23.1 Å². The third kappa shape index (κ3) is 4.74. The van der Waals surface area contributed by atoms with Gasteiger partial charge in [0.25, 0.3) is 0 Å². The molecule has 2 atom stereocenters. The predicted octanol–water partition coefficient (Wildman–Crippen LogP) is 2.97. The molecule has 17 heavy (non-hydrogen) atoms. The van der Waals surface area contributed by atoms with Gasteiger partial charge in [0.15, 0.2) is 0 Å². The van der Waals surface area contributed by atoms with Crippen LogP contribution in [-0.4, -0.2) is 23.1 Å². The SMILES string of the molecule is CNC(C)CCCS(=O)c1ccc(F)c(Cl)c1. The van der Waals surface area contributed by atoms with Crippen LogP contribution in [0.2, 0.25) is 5.02 Å². The largest absolute Gasteiger partial charge is 0.317 e. The third-order valence-corrected chi connectivity index (χ3v) is 4.34. The van der Waals surface area contributed by atoms with E-state index in [1.165, 1.54) is 18.2 Å². The molecule has 2 nitrogen and oxygen atoms in total. The van der Waals surface area contributed by atoms with E-state index < -0.39 is 16.6 Å². The van der Waals surface area contributed by atoms with Crippen molar-refractivity contribution in [3.8, 4) is 0 Å². The van der Waals surface area contributed by atoms with E-state index in [9.17, 15) is 8.60 Å². The maximum absolute atomic E-state index is 12.9. The molecular formula is C12H17ClFNOS. The highest BCUT2D eigenvalue weighted by molar-refractivity contribution is 7.85. The van der Waals surface area contributed by atoms with Crippen LogP contribution < -0.4 is 5.32 Å². The lowest BCUT2D eigenvalue weighted by Gasteiger charge is -2.09. The van der Waals surface area contributed by atoms with E-state index in [1.807, 2.05) is 7.05 Å². The molecule has 0 fully saturated rings. The smallest absolute Gasteiger partial charge is 0.141 e. The van der Waals surface area contributed by atoms with E-state index >= 15 is 0 Å². The molecule has 0 aliphatic carbocycles. The van der Waals surface area contributed by atoms with Gasteiger partial charge >= 0.3 is 0 Å². The van der Waals surface area contributed by atoms with Gasteiger partial charge in [-0.2, -0.15) is 0 Å². The molecule has 1 N–H and O–H groups in total. The first-order valence-corrected chi connectivity index (χ1v) is 7.25. The van der Waals surface area contributed by atoms with Gasteiger partial charge in [0.2, 0.25) is 0 Å². The van der Waals surface area contributed by atoms with Crippen molar-refractivity contribution in [2.24, 2.45) is 0 Å². The van der Waals surface area contributed by atoms with Gasteiger partial charge in [-0.25, -0.2) is 4.39 Å². The maximum atomic E-state index is 12.9. The molecule has 0 heterocycles. The fourth-order valence-corrected chi connectivity index (χ4v) is 2.78. The van der Waals surface area contributed by atoms with Crippen LogP contribution in [0, 0.1) is 5.82 Å². The molecule has 0 saturated heterocycles. The van der Waals surface area contributed by atoms with Crippen molar-refractivity contribution in [3.05, 3.63) is 29.0 Å². The first-order chi connectivity index (χ1) is 8.04. The summed E-state index contributed by atoms with van der Waals surface area (Å²) in [5.74, 6) is 0.102. The number of hydrogen-bond donors (Lipinski definition) is 1. The minimum Gasteiger partial charge on any atom is -0.317 e. The van der Waals surface area contributed by atoms with Gasteiger partial charge in [0.1, 0.15) is 5.82 Å². The summed E-state index contributed by atoms with van der Waals surface area (Å²) in [5, 5.41) is 3.15. The van der Waals surface area contributed by atoms with Crippen molar-refractivity contribution in [3.63, 3.8) is 0 Å². The van der Waals surface area contributed by atoms with Crippen LogP contribution in [0.1, 0.15) is 19.8 Å². The minimum absolute atomic E-state index is 0.0273. The fourth-order valence-electron chi connectivity index (χ4n) is 1.40. The Bertz CT molecular complexity index is 400. The van der Waals surface area contributed by atoms with Crippen molar-refractivity contribution >= 4 is 22.4 Å². The second-order valence-electron chi connectivity index (χ2n) is 3.96. The molecule has 2 unspecified atom stereocenters.